The Bertz CT molecular complexity index is 1030. The summed E-state index contributed by atoms with van der Waals surface area (Å²) in [6, 6.07) is 23.1. The Morgan fingerprint density at radius 3 is 0.974 bits per heavy atom. The van der Waals surface area contributed by atoms with E-state index in [-0.39, 0.29) is 39.6 Å². The van der Waals surface area contributed by atoms with Crippen LogP contribution in [0.3, 0.4) is 0 Å². The van der Waals surface area contributed by atoms with Gasteiger partial charge in [0.2, 0.25) is 14.7 Å². The molecule has 6 nitrogen and oxygen atoms in total. The average molecular weight is 679 g/mol. The van der Waals surface area contributed by atoms with Gasteiger partial charge in [-0.1, -0.05) is 36.4 Å². The standard InChI is InChI=1S/C24H27O6S.6FH.Sb/c25-13-16-28-19-7-1-4-10-22(19)31(23-11-5-2-8-20(23)29-17-14-26)24-12-6-3-9-21(24)30-18-15-27;;;;;;;/h1-12,25-27H,13-18H2;6*1H;/q+1;;;;;;;+5/p-6. The molecular formula is C24H27F6O6SSb. The van der Waals surface area contributed by atoms with Crippen LogP contribution < -0.4 is 14.2 Å². The van der Waals surface area contributed by atoms with Gasteiger partial charge in [-0.05, 0) is 36.4 Å². The van der Waals surface area contributed by atoms with Crippen LogP contribution in [0, 0.1) is 0 Å². The molecule has 38 heavy (non-hydrogen) atoms. The van der Waals surface area contributed by atoms with Gasteiger partial charge in [-0.25, -0.2) is 0 Å². The summed E-state index contributed by atoms with van der Waals surface area (Å²) in [6.07, 6.45) is 0. The number of hydrogen-bond donors (Lipinski definition) is 3. The Morgan fingerprint density at radius 2 is 0.737 bits per heavy atom. The molecule has 3 aromatic carbocycles. The molecule has 0 aromatic heterocycles. The van der Waals surface area contributed by atoms with E-state index < -0.39 is 30.4 Å². The van der Waals surface area contributed by atoms with Gasteiger partial charge in [0.05, 0.1) is 19.8 Å². The molecule has 0 aliphatic rings. The summed E-state index contributed by atoms with van der Waals surface area (Å²) in [5, 5.41) is 27.8. The second kappa shape index (κ2) is 13.2. The summed E-state index contributed by atoms with van der Waals surface area (Å²) in [5.74, 6) is 1.98. The summed E-state index contributed by atoms with van der Waals surface area (Å²) >= 11 is -11.2. The Hall–Kier alpha value is -2.31. The Labute approximate surface area is 220 Å². The molecule has 0 atom stereocenters. The zero-order valence-electron chi connectivity index (χ0n) is 19.9. The number of rotatable bonds is 12. The van der Waals surface area contributed by atoms with E-state index in [9.17, 15) is 32.2 Å². The number of aliphatic hydroxyl groups is 3. The fourth-order valence-corrected chi connectivity index (χ4v) is 5.38. The van der Waals surface area contributed by atoms with Crippen molar-refractivity contribution in [2.45, 2.75) is 14.7 Å². The Kier molecular flexibility index (Phi) is 11.1. The number of benzene rings is 3. The van der Waals surface area contributed by atoms with Crippen LogP contribution in [0.25, 0.3) is 0 Å². The molecule has 0 bridgehead atoms. The zero-order valence-corrected chi connectivity index (χ0v) is 23.2. The van der Waals surface area contributed by atoms with Crippen LogP contribution in [0.5, 0.6) is 17.2 Å². The summed E-state index contributed by atoms with van der Waals surface area (Å²) in [7, 11) is -0.680. The number of ether oxygens (including phenoxy) is 3. The molecule has 0 radical (unpaired) electrons. The minimum absolute atomic E-state index is 0.0888. The molecule has 0 aliphatic carbocycles. The number of halogens is 6. The maximum absolute atomic E-state index is 11.2. The van der Waals surface area contributed by atoms with Crippen LogP contribution in [0.2, 0.25) is 0 Å². The zero-order chi connectivity index (χ0) is 28.3. The summed E-state index contributed by atoms with van der Waals surface area (Å²) in [5.41, 5.74) is 0. The van der Waals surface area contributed by atoms with Crippen molar-refractivity contribution < 1.29 is 46.4 Å². The topological polar surface area (TPSA) is 88.4 Å². The molecule has 0 saturated carbocycles. The van der Waals surface area contributed by atoms with Crippen molar-refractivity contribution in [3.05, 3.63) is 72.8 Å². The van der Waals surface area contributed by atoms with Crippen molar-refractivity contribution in [2.24, 2.45) is 0 Å². The van der Waals surface area contributed by atoms with Crippen molar-refractivity contribution in [3.8, 4) is 17.2 Å². The van der Waals surface area contributed by atoms with Crippen molar-refractivity contribution in [3.63, 3.8) is 0 Å². The summed E-state index contributed by atoms with van der Waals surface area (Å²) in [4.78, 5) is 2.74. The first-order valence-corrected chi connectivity index (χ1v) is 18.0. The Balaban J connectivity index is 0.000000638. The van der Waals surface area contributed by atoms with Crippen LogP contribution in [-0.4, -0.2) is 74.4 Å². The van der Waals surface area contributed by atoms with E-state index in [1.54, 1.807) is 0 Å². The van der Waals surface area contributed by atoms with Gasteiger partial charge < -0.3 is 29.5 Å². The first kappa shape index (κ1) is 31.9. The number of para-hydroxylation sites is 3. The van der Waals surface area contributed by atoms with Crippen LogP contribution in [0.4, 0.5) is 16.9 Å². The van der Waals surface area contributed by atoms with Gasteiger partial charge in [-0.2, -0.15) is 0 Å². The van der Waals surface area contributed by atoms with E-state index in [4.69, 9.17) is 14.2 Å². The van der Waals surface area contributed by atoms with Crippen LogP contribution in [-0.2, 0) is 10.9 Å². The molecule has 14 heteroatoms. The summed E-state index contributed by atoms with van der Waals surface area (Å²) in [6.45, 7) is 0.274. The SMILES string of the molecule is OCCOc1ccccc1[S+](c1ccccc1OCCO)c1ccccc1OCCO.[F][Sb-]([F])([F])([F])([F])[F]. The third-order valence-electron chi connectivity index (χ3n) is 4.25. The van der Waals surface area contributed by atoms with Gasteiger partial charge in [-0.3, -0.25) is 0 Å². The third-order valence-corrected chi connectivity index (χ3v) is 6.59. The molecule has 0 heterocycles. The third kappa shape index (κ3) is 12.0. The molecule has 0 spiro atoms. The molecule has 0 aliphatic heterocycles. The molecular weight excluding hydrogens is 652 g/mol. The predicted molar refractivity (Wildman–Crippen MR) is 132 cm³/mol. The van der Waals surface area contributed by atoms with Crippen molar-refractivity contribution in [1.82, 2.24) is 0 Å². The molecule has 0 unspecified atom stereocenters. The van der Waals surface area contributed by atoms with E-state index in [0.717, 1.165) is 14.7 Å². The van der Waals surface area contributed by atoms with E-state index >= 15 is 0 Å². The van der Waals surface area contributed by atoms with Gasteiger partial charge >= 0.3 is 36.4 Å². The number of hydrogen-bond acceptors (Lipinski definition) is 6. The summed E-state index contributed by atoms with van der Waals surface area (Å²) < 4.78 is 77.1. The van der Waals surface area contributed by atoms with Crippen LogP contribution in [0.15, 0.2) is 87.5 Å². The van der Waals surface area contributed by atoms with Crippen LogP contribution >= 0.6 is 0 Å². The van der Waals surface area contributed by atoms with E-state index in [0.29, 0.717) is 17.2 Å². The molecule has 0 amide bonds. The molecule has 0 saturated heterocycles. The van der Waals surface area contributed by atoms with Crippen molar-refractivity contribution in [1.29, 1.82) is 0 Å². The van der Waals surface area contributed by atoms with Crippen LogP contribution in [0.1, 0.15) is 0 Å². The molecule has 3 aromatic rings. The molecule has 0 fully saturated rings. The van der Waals surface area contributed by atoms with Gasteiger partial charge in [0.15, 0.2) is 17.2 Å². The van der Waals surface area contributed by atoms with Gasteiger partial charge in [-0.15, -0.1) is 0 Å². The monoisotopic (exact) mass is 678 g/mol. The predicted octanol–water partition coefficient (Wildman–Crippen LogP) is 5.04. The quantitative estimate of drug-likeness (QED) is 0.142. The first-order chi connectivity index (χ1) is 17.7. The second-order valence-corrected chi connectivity index (χ2v) is 14.7. The van der Waals surface area contributed by atoms with E-state index in [1.807, 2.05) is 72.8 Å². The normalized spacial score (nSPS) is 13.1. The fourth-order valence-electron chi connectivity index (χ4n) is 3.04. The molecule has 3 rings (SSSR count). The average Bonchev–Trinajstić information content (AvgIpc) is 2.85. The van der Waals surface area contributed by atoms with Gasteiger partial charge in [0.1, 0.15) is 30.7 Å². The molecule has 212 valence electrons. The Morgan fingerprint density at radius 1 is 0.500 bits per heavy atom. The number of aliphatic hydroxyl groups excluding tert-OH is 3. The minimum atomic E-state index is -11.2. The fraction of sp³-hybridized carbons (Fsp3) is 0.250. The second-order valence-electron chi connectivity index (χ2n) is 7.32. The maximum atomic E-state index is 9.93. The van der Waals surface area contributed by atoms with Gasteiger partial charge in [0, 0.05) is 0 Å². The van der Waals surface area contributed by atoms with E-state index in [1.165, 1.54) is 0 Å². The van der Waals surface area contributed by atoms with Gasteiger partial charge in [0.25, 0.3) is 0 Å². The van der Waals surface area contributed by atoms with Crippen molar-refractivity contribution >= 4 is 30.4 Å². The van der Waals surface area contributed by atoms with E-state index in [2.05, 4.69) is 0 Å². The molecule has 3 N–H and O–H groups in total. The first-order valence-electron chi connectivity index (χ1n) is 11.0. The van der Waals surface area contributed by atoms with Crippen molar-refractivity contribution in [2.75, 3.05) is 39.6 Å².